The van der Waals surface area contributed by atoms with Crippen LogP contribution < -0.4 is 0 Å². The first kappa shape index (κ1) is 19.9. The van der Waals surface area contributed by atoms with E-state index in [-0.39, 0.29) is 34.0 Å². The van der Waals surface area contributed by atoms with Crippen molar-refractivity contribution in [2.75, 3.05) is 5.75 Å². The molecule has 0 radical (unpaired) electrons. The lowest BCUT2D eigenvalue weighted by Crippen LogP contribution is -2.62. The molecule has 2 heterocycles. The summed E-state index contributed by atoms with van der Waals surface area (Å²) in [7, 11) is -1.97. The minimum atomic E-state index is -1.97. The van der Waals surface area contributed by atoms with E-state index >= 15 is 0 Å². The molecule has 0 spiro atoms. The highest BCUT2D eigenvalue weighted by Crippen LogP contribution is 2.54. The number of carboxylic acid groups (broad SMARTS) is 1. The number of aliphatic carboxylic acids is 1. The summed E-state index contributed by atoms with van der Waals surface area (Å²) in [5, 5.41) is 9.40. The van der Waals surface area contributed by atoms with E-state index in [1.54, 1.807) is 0 Å². The van der Waals surface area contributed by atoms with Crippen LogP contribution >= 0.6 is 23.5 Å². The van der Waals surface area contributed by atoms with E-state index < -0.39 is 14.3 Å². The van der Waals surface area contributed by atoms with Crippen LogP contribution in [-0.2, 0) is 14.0 Å². The highest BCUT2D eigenvalue weighted by molar-refractivity contribution is 8.22. The number of β-lactam (4-membered cyclic amide) rings is 1. The Kier molecular flexibility index (Phi) is 5.55. The van der Waals surface area contributed by atoms with Gasteiger partial charge in [-0.05, 0) is 30.8 Å². The van der Waals surface area contributed by atoms with E-state index in [4.69, 9.17) is 4.43 Å². The average Bonchev–Trinajstić information content (AvgIpc) is 2.72. The topological polar surface area (TPSA) is 66.8 Å². The van der Waals surface area contributed by atoms with Crippen LogP contribution in [0.3, 0.4) is 0 Å². The van der Waals surface area contributed by atoms with E-state index in [0.29, 0.717) is 0 Å². The maximum atomic E-state index is 12.6. The Bertz CT molecular complexity index is 585. The standard InChI is InChI=1S/C16H27NO4S2Si/c1-8-22-15-11(14(19)20)17-12(18)10(13(17)23-15)9(2)21-24(6,7)16(3,4)5/h9-10,13H,8H2,1-7H3,(H,19,20)/t9-,10+,13+/m0/s1. The van der Waals surface area contributed by atoms with E-state index in [1.807, 2.05) is 13.8 Å². The molecule has 0 aromatic heterocycles. The Morgan fingerprint density at radius 3 is 2.50 bits per heavy atom. The fourth-order valence-electron chi connectivity index (χ4n) is 2.68. The Labute approximate surface area is 153 Å². The number of nitrogens with zero attached hydrogens (tertiary/aromatic N) is 1. The number of rotatable bonds is 6. The number of carbonyl (C=O) groups excluding carboxylic acids is 1. The number of amides is 1. The van der Waals surface area contributed by atoms with Gasteiger partial charge in [0.15, 0.2) is 14.0 Å². The third kappa shape index (κ3) is 3.30. The zero-order chi connectivity index (χ0) is 18.4. The summed E-state index contributed by atoms with van der Waals surface area (Å²) in [5.74, 6) is -0.629. The van der Waals surface area contributed by atoms with Crippen molar-refractivity contribution in [1.82, 2.24) is 4.90 Å². The van der Waals surface area contributed by atoms with Crippen LogP contribution in [0.15, 0.2) is 9.93 Å². The second-order valence-electron chi connectivity index (χ2n) is 7.70. The van der Waals surface area contributed by atoms with Crippen LogP contribution in [0.2, 0.25) is 18.1 Å². The van der Waals surface area contributed by atoms with Crippen molar-refractivity contribution in [1.29, 1.82) is 0 Å². The molecule has 0 aromatic carbocycles. The number of carboxylic acids is 1. The van der Waals surface area contributed by atoms with Crippen LogP contribution in [0, 0.1) is 5.92 Å². The molecule has 2 aliphatic rings. The Morgan fingerprint density at radius 2 is 2.04 bits per heavy atom. The second kappa shape index (κ2) is 6.70. The average molecular weight is 390 g/mol. The quantitative estimate of drug-likeness (QED) is 0.548. The number of hydrogen-bond donors (Lipinski definition) is 1. The summed E-state index contributed by atoms with van der Waals surface area (Å²) in [4.78, 5) is 25.6. The molecule has 1 amide bonds. The molecule has 2 rings (SSSR count). The third-order valence-corrected chi connectivity index (χ3v) is 12.1. The minimum Gasteiger partial charge on any atom is -0.477 e. The van der Waals surface area contributed by atoms with Crippen molar-refractivity contribution in [2.24, 2.45) is 5.92 Å². The molecular weight excluding hydrogens is 362 g/mol. The highest BCUT2D eigenvalue weighted by Gasteiger charge is 2.59. The third-order valence-electron chi connectivity index (χ3n) is 5.02. The Hall–Kier alpha value is -0.443. The van der Waals surface area contributed by atoms with Crippen molar-refractivity contribution in [3.63, 3.8) is 0 Å². The zero-order valence-electron chi connectivity index (χ0n) is 15.4. The summed E-state index contributed by atoms with van der Waals surface area (Å²) in [6.45, 7) is 14.8. The van der Waals surface area contributed by atoms with Gasteiger partial charge in [-0.25, -0.2) is 4.79 Å². The largest absolute Gasteiger partial charge is 0.477 e. The lowest BCUT2D eigenvalue weighted by atomic mass is 9.92. The van der Waals surface area contributed by atoms with Crippen molar-refractivity contribution in [3.05, 3.63) is 9.93 Å². The predicted molar refractivity (Wildman–Crippen MR) is 102 cm³/mol. The van der Waals surface area contributed by atoms with Gasteiger partial charge in [0, 0.05) is 0 Å². The normalized spacial score (nSPS) is 25.6. The van der Waals surface area contributed by atoms with E-state index in [0.717, 1.165) is 9.99 Å². The molecule has 0 aliphatic carbocycles. The van der Waals surface area contributed by atoms with Crippen molar-refractivity contribution < 1.29 is 19.1 Å². The van der Waals surface area contributed by atoms with Gasteiger partial charge in [0.1, 0.15) is 5.37 Å². The number of thioether (sulfide) groups is 2. The molecule has 1 saturated heterocycles. The molecule has 0 unspecified atom stereocenters. The lowest BCUT2D eigenvalue weighted by Gasteiger charge is -2.48. The monoisotopic (exact) mass is 389 g/mol. The summed E-state index contributed by atoms with van der Waals surface area (Å²) in [6.07, 6.45) is -0.201. The van der Waals surface area contributed by atoms with E-state index in [9.17, 15) is 14.7 Å². The molecule has 0 saturated carbocycles. The molecule has 8 heteroatoms. The van der Waals surface area contributed by atoms with Gasteiger partial charge in [0.25, 0.3) is 0 Å². The minimum absolute atomic E-state index is 0.0737. The van der Waals surface area contributed by atoms with Gasteiger partial charge in [-0.15, -0.1) is 11.8 Å². The summed E-state index contributed by atoms with van der Waals surface area (Å²) in [6, 6.07) is 0. The maximum Gasteiger partial charge on any atom is 0.354 e. The summed E-state index contributed by atoms with van der Waals surface area (Å²) >= 11 is 2.99. The molecule has 136 valence electrons. The second-order valence-corrected chi connectivity index (χ2v) is 15.1. The van der Waals surface area contributed by atoms with Crippen LogP contribution in [0.25, 0.3) is 0 Å². The Morgan fingerprint density at radius 1 is 1.46 bits per heavy atom. The lowest BCUT2D eigenvalue weighted by molar-refractivity contribution is -0.156. The molecule has 1 fully saturated rings. The molecule has 5 nitrogen and oxygen atoms in total. The first-order valence-corrected chi connectivity index (χ1v) is 13.0. The fraction of sp³-hybridized carbons (Fsp3) is 0.750. The van der Waals surface area contributed by atoms with Crippen molar-refractivity contribution >= 4 is 43.7 Å². The summed E-state index contributed by atoms with van der Waals surface area (Å²) in [5.41, 5.74) is 0.151. The number of hydrogen-bond acceptors (Lipinski definition) is 5. The van der Waals surface area contributed by atoms with Gasteiger partial charge in [-0.2, -0.15) is 0 Å². The SMILES string of the molecule is CCSC1=C(C(=O)O)N2C(=O)[C@@H]([C@H](C)O[Si](C)(C)C(C)(C)C)[C@H]2S1. The van der Waals surface area contributed by atoms with Gasteiger partial charge in [-0.1, -0.05) is 39.5 Å². The predicted octanol–water partition coefficient (Wildman–Crippen LogP) is 3.93. The maximum absolute atomic E-state index is 12.6. The van der Waals surface area contributed by atoms with Crippen LogP contribution in [0.4, 0.5) is 0 Å². The summed E-state index contributed by atoms with van der Waals surface area (Å²) < 4.78 is 7.12. The smallest absolute Gasteiger partial charge is 0.354 e. The zero-order valence-corrected chi connectivity index (χ0v) is 18.0. The fourth-order valence-corrected chi connectivity index (χ4v) is 6.94. The first-order chi connectivity index (χ1) is 10.9. The number of fused-ring (bicyclic) bond motifs is 1. The molecule has 3 atom stereocenters. The molecule has 2 aliphatic heterocycles. The molecule has 1 N–H and O–H groups in total. The van der Waals surface area contributed by atoms with Gasteiger partial charge in [0.05, 0.1) is 16.3 Å². The van der Waals surface area contributed by atoms with Crippen LogP contribution in [0.5, 0.6) is 0 Å². The van der Waals surface area contributed by atoms with Gasteiger partial charge < -0.3 is 9.53 Å². The van der Waals surface area contributed by atoms with Gasteiger partial charge >= 0.3 is 5.97 Å². The highest BCUT2D eigenvalue weighted by atomic mass is 32.2. The van der Waals surface area contributed by atoms with Crippen LogP contribution in [-0.4, -0.2) is 47.4 Å². The van der Waals surface area contributed by atoms with Crippen molar-refractivity contribution in [3.8, 4) is 0 Å². The Balaban J connectivity index is 2.15. The van der Waals surface area contributed by atoms with Gasteiger partial charge in [-0.3, -0.25) is 9.69 Å². The van der Waals surface area contributed by atoms with Gasteiger partial charge in [0.2, 0.25) is 5.91 Å². The molecule has 0 aromatic rings. The van der Waals surface area contributed by atoms with E-state index in [1.165, 1.54) is 28.4 Å². The molecule has 24 heavy (non-hydrogen) atoms. The molecular formula is C16H27NO4S2Si. The number of carbonyl (C=O) groups is 2. The first-order valence-electron chi connectivity index (χ1n) is 8.20. The molecule has 0 bridgehead atoms. The van der Waals surface area contributed by atoms with Crippen molar-refractivity contribution in [2.45, 2.75) is 64.2 Å². The van der Waals surface area contributed by atoms with Crippen LogP contribution in [0.1, 0.15) is 34.6 Å². The van der Waals surface area contributed by atoms with E-state index in [2.05, 4.69) is 33.9 Å².